The number of carbonyl (C=O) groups excluding carboxylic acids is 1. The van der Waals surface area contributed by atoms with E-state index in [4.69, 9.17) is 10.5 Å². The van der Waals surface area contributed by atoms with Gasteiger partial charge in [-0.15, -0.1) is 0 Å². The second-order valence-electron chi connectivity index (χ2n) is 10.1. The van der Waals surface area contributed by atoms with Gasteiger partial charge in [0.2, 0.25) is 0 Å². The average Bonchev–Trinajstić information content (AvgIpc) is 3.42. The number of rotatable bonds is 8. The molecule has 1 aliphatic heterocycles. The summed E-state index contributed by atoms with van der Waals surface area (Å²) in [6.45, 7) is 4.30. The molecule has 2 aromatic rings. The summed E-state index contributed by atoms with van der Waals surface area (Å²) in [6.07, 6.45) is 1.28. The number of nitrogens with two attached hydrogens (primary N) is 1. The normalized spacial score (nSPS) is 17.8. The van der Waals surface area contributed by atoms with Crippen molar-refractivity contribution in [2.45, 2.75) is 70.6 Å². The topological polar surface area (TPSA) is 67.9 Å². The van der Waals surface area contributed by atoms with Crippen molar-refractivity contribution in [2.75, 3.05) is 11.6 Å². The van der Waals surface area contributed by atoms with Crippen molar-refractivity contribution < 1.29 is 22.7 Å². The highest BCUT2D eigenvalue weighted by Gasteiger charge is 2.52. The number of carbonyl (C=O) groups is 1. The molecule has 5 nitrogen and oxygen atoms in total. The number of anilines is 1. The van der Waals surface area contributed by atoms with Crippen LogP contribution in [0.2, 0.25) is 0 Å². The zero-order chi connectivity index (χ0) is 25.3. The summed E-state index contributed by atoms with van der Waals surface area (Å²) in [5.41, 5.74) is 6.33. The Bertz CT molecular complexity index is 1070. The number of hydrazone groups is 1. The van der Waals surface area contributed by atoms with Crippen LogP contribution < -0.4 is 15.5 Å². The minimum absolute atomic E-state index is 0.117. The Morgan fingerprint density at radius 1 is 1.00 bits per heavy atom. The van der Waals surface area contributed by atoms with E-state index in [0.29, 0.717) is 18.7 Å². The number of amides is 1. The van der Waals surface area contributed by atoms with Gasteiger partial charge in [0.1, 0.15) is 11.4 Å². The summed E-state index contributed by atoms with van der Waals surface area (Å²) < 4.78 is 44.7. The van der Waals surface area contributed by atoms with Gasteiger partial charge in [0.05, 0.1) is 22.4 Å². The van der Waals surface area contributed by atoms with Crippen LogP contribution >= 0.6 is 0 Å². The van der Waals surface area contributed by atoms with Crippen molar-refractivity contribution in [1.29, 1.82) is 0 Å². The maximum atomic E-state index is 13.4. The van der Waals surface area contributed by atoms with E-state index in [2.05, 4.69) is 5.10 Å². The predicted octanol–water partition coefficient (Wildman–Crippen LogP) is 6.11. The first kappa shape index (κ1) is 25.2. The second kappa shape index (κ2) is 9.64. The van der Waals surface area contributed by atoms with E-state index in [1.54, 1.807) is 0 Å². The van der Waals surface area contributed by atoms with Crippen LogP contribution in [-0.4, -0.2) is 23.8 Å². The molecule has 35 heavy (non-hydrogen) atoms. The summed E-state index contributed by atoms with van der Waals surface area (Å²) in [5.74, 6) is 0.654. The first-order valence-electron chi connectivity index (χ1n) is 12.1. The maximum absolute atomic E-state index is 13.4. The fourth-order valence-electron chi connectivity index (χ4n) is 4.87. The number of halogens is 3. The highest BCUT2D eigenvalue weighted by Crippen LogP contribution is 2.47. The molecular weight excluding hydrogens is 455 g/mol. The van der Waals surface area contributed by atoms with Gasteiger partial charge < -0.3 is 10.5 Å². The first-order chi connectivity index (χ1) is 16.5. The first-order valence-corrected chi connectivity index (χ1v) is 12.1. The van der Waals surface area contributed by atoms with Crippen LogP contribution in [0.25, 0.3) is 0 Å². The van der Waals surface area contributed by atoms with Gasteiger partial charge in [-0.25, -0.2) is 0 Å². The standard InChI is InChI=1S/C27H32F3N3O2/c1-25(2,18-31)35-22-14-8-19(9-15-22)6-5-7-23-26(16-3-4-17-26)24(34)33(32-23)21-12-10-20(11-13-21)27(28,29)30/h8-15H,3-7,16-18,31H2,1-2H3. The molecule has 0 atom stereocenters. The van der Waals surface area contributed by atoms with E-state index in [1.165, 1.54) is 17.1 Å². The number of ether oxygens (including phenoxy) is 1. The molecule has 1 amide bonds. The summed E-state index contributed by atoms with van der Waals surface area (Å²) in [7, 11) is 0. The van der Waals surface area contributed by atoms with Gasteiger partial charge in [-0.1, -0.05) is 25.0 Å². The highest BCUT2D eigenvalue weighted by molar-refractivity contribution is 6.19. The number of benzene rings is 2. The molecule has 0 saturated heterocycles. The van der Waals surface area contributed by atoms with Gasteiger partial charge in [-0.05, 0) is 87.9 Å². The Balaban J connectivity index is 1.44. The average molecular weight is 488 g/mol. The fraction of sp³-hybridized carbons (Fsp3) is 0.481. The molecule has 1 saturated carbocycles. The minimum Gasteiger partial charge on any atom is -0.487 e. The van der Waals surface area contributed by atoms with Crippen LogP contribution in [0, 0.1) is 5.41 Å². The lowest BCUT2D eigenvalue weighted by molar-refractivity contribution is -0.137. The molecule has 4 rings (SSSR count). The molecule has 1 fully saturated rings. The SMILES string of the molecule is CC(C)(CN)Oc1ccc(CCCC2=NN(c3ccc(C(F)(F)F)cc3)C(=O)C23CCCC3)cc1. The Kier molecular flexibility index (Phi) is 6.95. The van der Waals surface area contributed by atoms with E-state index in [1.807, 2.05) is 38.1 Å². The van der Waals surface area contributed by atoms with Crippen LogP contribution in [0.5, 0.6) is 5.75 Å². The molecule has 0 bridgehead atoms. The zero-order valence-electron chi connectivity index (χ0n) is 20.2. The molecule has 0 radical (unpaired) electrons. The molecule has 1 heterocycles. The molecule has 8 heteroatoms. The molecule has 0 unspecified atom stereocenters. The Morgan fingerprint density at radius 2 is 1.63 bits per heavy atom. The highest BCUT2D eigenvalue weighted by atomic mass is 19.4. The number of alkyl halides is 3. The van der Waals surface area contributed by atoms with Crippen LogP contribution in [-0.2, 0) is 17.4 Å². The van der Waals surface area contributed by atoms with Crippen LogP contribution in [0.1, 0.15) is 63.5 Å². The van der Waals surface area contributed by atoms with Crippen molar-refractivity contribution in [3.8, 4) is 5.75 Å². The van der Waals surface area contributed by atoms with Gasteiger partial charge in [0, 0.05) is 6.54 Å². The summed E-state index contributed by atoms with van der Waals surface area (Å²) in [6, 6.07) is 12.6. The fourth-order valence-corrected chi connectivity index (χ4v) is 4.87. The zero-order valence-corrected chi connectivity index (χ0v) is 20.2. The third kappa shape index (κ3) is 5.37. The second-order valence-corrected chi connectivity index (χ2v) is 10.1. The Labute approximate surface area is 204 Å². The van der Waals surface area contributed by atoms with E-state index >= 15 is 0 Å². The van der Waals surface area contributed by atoms with Crippen molar-refractivity contribution in [2.24, 2.45) is 16.3 Å². The van der Waals surface area contributed by atoms with Crippen molar-refractivity contribution >= 4 is 17.3 Å². The molecule has 2 aliphatic rings. The van der Waals surface area contributed by atoms with Crippen LogP contribution in [0.15, 0.2) is 53.6 Å². The van der Waals surface area contributed by atoms with E-state index in [9.17, 15) is 18.0 Å². The minimum atomic E-state index is -4.42. The number of hydrogen-bond donors (Lipinski definition) is 1. The molecule has 2 N–H and O–H groups in total. The molecule has 1 spiro atoms. The summed E-state index contributed by atoms with van der Waals surface area (Å²) in [5, 5.41) is 5.96. The molecule has 188 valence electrons. The van der Waals surface area contributed by atoms with Crippen molar-refractivity contribution in [3.63, 3.8) is 0 Å². The van der Waals surface area contributed by atoms with Crippen molar-refractivity contribution in [1.82, 2.24) is 0 Å². The van der Waals surface area contributed by atoms with E-state index in [0.717, 1.165) is 67.7 Å². The molecular formula is C27H32F3N3O2. The predicted molar refractivity (Wildman–Crippen MR) is 130 cm³/mol. The lowest BCUT2D eigenvalue weighted by Gasteiger charge is -2.24. The lowest BCUT2D eigenvalue weighted by Crippen LogP contribution is -2.37. The van der Waals surface area contributed by atoms with Crippen LogP contribution in [0.3, 0.4) is 0 Å². The molecule has 0 aromatic heterocycles. The third-order valence-corrected chi connectivity index (χ3v) is 6.96. The Hall–Kier alpha value is -2.87. The van der Waals surface area contributed by atoms with Gasteiger partial charge >= 0.3 is 6.18 Å². The monoisotopic (exact) mass is 487 g/mol. The molecule has 1 aliphatic carbocycles. The number of hydrogen-bond acceptors (Lipinski definition) is 4. The third-order valence-electron chi connectivity index (χ3n) is 6.96. The Morgan fingerprint density at radius 3 is 2.20 bits per heavy atom. The van der Waals surface area contributed by atoms with E-state index < -0.39 is 22.8 Å². The smallest absolute Gasteiger partial charge is 0.416 e. The van der Waals surface area contributed by atoms with Crippen molar-refractivity contribution in [3.05, 3.63) is 59.7 Å². The van der Waals surface area contributed by atoms with Gasteiger partial charge in [0.25, 0.3) is 5.91 Å². The summed E-state index contributed by atoms with van der Waals surface area (Å²) in [4.78, 5) is 13.4. The summed E-state index contributed by atoms with van der Waals surface area (Å²) >= 11 is 0. The molecule has 2 aromatic carbocycles. The van der Waals surface area contributed by atoms with E-state index in [-0.39, 0.29) is 5.91 Å². The van der Waals surface area contributed by atoms with Gasteiger partial charge in [-0.3, -0.25) is 4.79 Å². The largest absolute Gasteiger partial charge is 0.487 e. The number of aryl methyl sites for hydroxylation is 1. The maximum Gasteiger partial charge on any atom is 0.416 e. The van der Waals surface area contributed by atoms with Gasteiger partial charge in [-0.2, -0.15) is 23.3 Å². The van der Waals surface area contributed by atoms with Crippen LogP contribution in [0.4, 0.5) is 18.9 Å². The van der Waals surface area contributed by atoms with Gasteiger partial charge in [0.15, 0.2) is 0 Å². The lowest BCUT2D eigenvalue weighted by atomic mass is 9.78. The quantitative estimate of drug-likeness (QED) is 0.489. The number of nitrogens with zero attached hydrogens (tertiary/aromatic N) is 2.